The van der Waals surface area contributed by atoms with E-state index in [1.165, 1.54) is 19.2 Å². The van der Waals surface area contributed by atoms with Gasteiger partial charge >= 0.3 is 0 Å². The summed E-state index contributed by atoms with van der Waals surface area (Å²) in [5.74, 6) is -1.13. The summed E-state index contributed by atoms with van der Waals surface area (Å²) in [6, 6.07) is 4.23. The molecule has 1 rings (SSSR count). The first-order chi connectivity index (χ1) is 8.91. The number of amides is 1. The molecule has 19 heavy (non-hydrogen) atoms. The van der Waals surface area contributed by atoms with Gasteiger partial charge in [0.1, 0.15) is 5.82 Å². The third kappa shape index (κ3) is 4.56. The maximum absolute atomic E-state index is 13.7. The minimum Gasteiger partial charge on any atom is -0.396 e. The second kappa shape index (κ2) is 6.98. The van der Waals surface area contributed by atoms with Crippen molar-refractivity contribution in [2.45, 2.75) is 18.9 Å². The van der Waals surface area contributed by atoms with Crippen molar-refractivity contribution in [1.82, 2.24) is 5.32 Å². The number of benzene rings is 1. The lowest BCUT2D eigenvalue weighted by molar-refractivity contribution is 0.0722. The average Bonchev–Trinajstić information content (AvgIpc) is 2.28. The Labute approximate surface area is 120 Å². The van der Waals surface area contributed by atoms with Crippen LogP contribution in [-0.2, 0) is 4.74 Å². The zero-order valence-electron chi connectivity index (χ0n) is 10.9. The van der Waals surface area contributed by atoms with Crippen molar-refractivity contribution < 1.29 is 19.0 Å². The topological polar surface area (TPSA) is 58.6 Å². The smallest absolute Gasteiger partial charge is 0.254 e. The standard InChI is InChI=1S/C13H17BrFNO3/c1-13(5-6-17,8-19-2)16-12(18)10-4-3-9(14)7-11(10)15/h3-4,7,17H,5-6,8H2,1-2H3,(H,16,18). The third-order valence-corrected chi connectivity index (χ3v) is 3.21. The zero-order chi connectivity index (χ0) is 14.5. The van der Waals surface area contributed by atoms with Crippen molar-refractivity contribution in [3.8, 4) is 0 Å². The summed E-state index contributed by atoms with van der Waals surface area (Å²) in [5, 5.41) is 11.7. The molecule has 2 N–H and O–H groups in total. The molecule has 0 bridgehead atoms. The number of carbonyl (C=O) groups excluding carboxylic acids is 1. The number of rotatable bonds is 6. The molecule has 0 spiro atoms. The van der Waals surface area contributed by atoms with E-state index in [0.29, 0.717) is 10.9 Å². The molecule has 0 aliphatic carbocycles. The molecule has 0 aliphatic heterocycles. The minimum atomic E-state index is -0.736. The van der Waals surface area contributed by atoms with Crippen LogP contribution in [0.3, 0.4) is 0 Å². The molecular formula is C13H17BrFNO3. The fraction of sp³-hybridized carbons (Fsp3) is 0.462. The van der Waals surface area contributed by atoms with Crippen LogP contribution in [0.15, 0.2) is 22.7 Å². The monoisotopic (exact) mass is 333 g/mol. The molecule has 6 heteroatoms. The molecule has 1 unspecified atom stereocenters. The van der Waals surface area contributed by atoms with Gasteiger partial charge in [-0.3, -0.25) is 4.79 Å². The Kier molecular flexibility index (Phi) is 5.90. The van der Waals surface area contributed by atoms with Gasteiger partial charge in [-0.15, -0.1) is 0 Å². The molecule has 0 saturated carbocycles. The summed E-state index contributed by atoms with van der Waals surface area (Å²) < 4.78 is 19.3. The van der Waals surface area contributed by atoms with Crippen LogP contribution in [0.2, 0.25) is 0 Å². The van der Waals surface area contributed by atoms with E-state index in [1.54, 1.807) is 13.0 Å². The molecule has 0 radical (unpaired) electrons. The number of nitrogens with one attached hydrogen (secondary N) is 1. The average molecular weight is 334 g/mol. The molecule has 0 fully saturated rings. The maximum atomic E-state index is 13.7. The molecule has 1 atom stereocenters. The second-order valence-corrected chi connectivity index (χ2v) is 5.46. The van der Waals surface area contributed by atoms with E-state index in [0.717, 1.165) is 0 Å². The number of carbonyl (C=O) groups is 1. The highest BCUT2D eigenvalue weighted by atomic mass is 79.9. The van der Waals surface area contributed by atoms with E-state index in [1.807, 2.05) is 0 Å². The van der Waals surface area contributed by atoms with E-state index < -0.39 is 17.3 Å². The summed E-state index contributed by atoms with van der Waals surface area (Å²) in [6.07, 6.45) is 0.324. The summed E-state index contributed by atoms with van der Waals surface area (Å²) >= 11 is 3.13. The predicted molar refractivity (Wildman–Crippen MR) is 73.6 cm³/mol. The molecule has 0 saturated heterocycles. The first-order valence-corrected chi connectivity index (χ1v) is 6.58. The number of aliphatic hydroxyl groups is 1. The lowest BCUT2D eigenvalue weighted by Crippen LogP contribution is -2.50. The van der Waals surface area contributed by atoms with E-state index in [-0.39, 0.29) is 18.8 Å². The van der Waals surface area contributed by atoms with Gasteiger partial charge in [0.05, 0.1) is 17.7 Å². The molecule has 1 aromatic carbocycles. The SMILES string of the molecule is COCC(C)(CCO)NC(=O)c1ccc(Br)cc1F. The van der Waals surface area contributed by atoms with Gasteiger partial charge in [0, 0.05) is 18.2 Å². The molecule has 4 nitrogen and oxygen atoms in total. The van der Waals surface area contributed by atoms with Crippen LogP contribution >= 0.6 is 15.9 Å². The second-order valence-electron chi connectivity index (χ2n) is 4.55. The van der Waals surface area contributed by atoms with Crippen molar-refractivity contribution >= 4 is 21.8 Å². The normalized spacial score (nSPS) is 13.9. The predicted octanol–water partition coefficient (Wildman–Crippen LogP) is 2.11. The number of hydrogen-bond acceptors (Lipinski definition) is 3. The van der Waals surface area contributed by atoms with Crippen molar-refractivity contribution in [2.75, 3.05) is 20.3 Å². The van der Waals surface area contributed by atoms with Crippen LogP contribution < -0.4 is 5.32 Å². The summed E-state index contributed by atoms with van der Waals surface area (Å²) in [7, 11) is 1.50. The Morgan fingerprint density at radius 1 is 1.58 bits per heavy atom. The fourth-order valence-electron chi connectivity index (χ4n) is 1.75. The number of halogens is 2. The minimum absolute atomic E-state index is 0.0385. The van der Waals surface area contributed by atoms with Gasteiger partial charge < -0.3 is 15.2 Å². The van der Waals surface area contributed by atoms with Gasteiger partial charge in [-0.25, -0.2) is 4.39 Å². The highest BCUT2D eigenvalue weighted by Gasteiger charge is 2.27. The Morgan fingerprint density at radius 3 is 2.79 bits per heavy atom. The van der Waals surface area contributed by atoms with E-state index in [2.05, 4.69) is 21.2 Å². The van der Waals surface area contributed by atoms with Crippen molar-refractivity contribution in [3.63, 3.8) is 0 Å². The first kappa shape index (κ1) is 16.1. The Balaban J connectivity index is 2.87. The summed E-state index contributed by atoms with van der Waals surface area (Å²) in [5.41, 5.74) is -0.774. The molecule has 0 aromatic heterocycles. The Morgan fingerprint density at radius 2 is 2.26 bits per heavy atom. The van der Waals surface area contributed by atoms with Crippen LogP contribution in [0.5, 0.6) is 0 Å². The van der Waals surface area contributed by atoms with Gasteiger partial charge in [-0.2, -0.15) is 0 Å². The number of methoxy groups -OCH3 is 1. The van der Waals surface area contributed by atoms with Crippen LogP contribution in [0.1, 0.15) is 23.7 Å². The summed E-state index contributed by atoms with van der Waals surface area (Å²) in [6.45, 7) is 1.88. The highest BCUT2D eigenvalue weighted by molar-refractivity contribution is 9.10. The molecule has 1 amide bonds. The van der Waals surface area contributed by atoms with Crippen molar-refractivity contribution in [2.24, 2.45) is 0 Å². The van der Waals surface area contributed by atoms with Gasteiger partial charge in [-0.1, -0.05) is 15.9 Å². The lowest BCUT2D eigenvalue weighted by Gasteiger charge is -2.29. The van der Waals surface area contributed by atoms with Gasteiger partial charge in [0.2, 0.25) is 0 Å². The Bertz CT molecular complexity index is 448. The van der Waals surface area contributed by atoms with E-state index in [9.17, 15) is 9.18 Å². The van der Waals surface area contributed by atoms with Crippen LogP contribution in [0.4, 0.5) is 4.39 Å². The third-order valence-electron chi connectivity index (χ3n) is 2.72. The molecule has 106 valence electrons. The van der Waals surface area contributed by atoms with Crippen LogP contribution in [-0.4, -0.2) is 36.9 Å². The Hall–Kier alpha value is -0.980. The number of aliphatic hydroxyl groups excluding tert-OH is 1. The molecular weight excluding hydrogens is 317 g/mol. The maximum Gasteiger partial charge on any atom is 0.254 e. The number of ether oxygens (including phenoxy) is 1. The number of hydrogen-bond donors (Lipinski definition) is 2. The molecule has 0 heterocycles. The first-order valence-electron chi connectivity index (χ1n) is 5.79. The van der Waals surface area contributed by atoms with Gasteiger partial charge in [-0.05, 0) is 31.5 Å². The molecule has 1 aromatic rings. The van der Waals surface area contributed by atoms with E-state index in [4.69, 9.17) is 9.84 Å². The van der Waals surface area contributed by atoms with Crippen molar-refractivity contribution in [3.05, 3.63) is 34.1 Å². The van der Waals surface area contributed by atoms with Crippen molar-refractivity contribution in [1.29, 1.82) is 0 Å². The summed E-state index contributed by atoms with van der Waals surface area (Å²) in [4.78, 5) is 12.0. The quantitative estimate of drug-likeness (QED) is 0.838. The zero-order valence-corrected chi connectivity index (χ0v) is 12.5. The highest BCUT2D eigenvalue weighted by Crippen LogP contribution is 2.17. The fourth-order valence-corrected chi connectivity index (χ4v) is 2.08. The molecule has 0 aliphatic rings. The lowest BCUT2D eigenvalue weighted by atomic mass is 9.98. The van der Waals surface area contributed by atoms with Gasteiger partial charge in [0.15, 0.2) is 0 Å². The van der Waals surface area contributed by atoms with Gasteiger partial charge in [0.25, 0.3) is 5.91 Å². The van der Waals surface area contributed by atoms with E-state index >= 15 is 0 Å². The largest absolute Gasteiger partial charge is 0.396 e. The van der Waals surface area contributed by atoms with Crippen LogP contribution in [0.25, 0.3) is 0 Å². The van der Waals surface area contributed by atoms with Crippen LogP contribution in [0, 0.1) is 5.82 Å².